The summed E-state index contributed by atoms with van der Waals surface area (Å²) in [6.45, 7) is 3.08. The molecule has 19 heavy (non-hydrogen) atoms. The van der Waals surface area contributed by atoms with Gasteiger partial charge >= 0.3 is 0 Å². The summed E-state index contributed by atoms with van der Waals surface area (Å²) in [5, 5.41) is 5.10. The van der Waals surface area contributed by atoms with Crippen LogP contribution in [0.4, 0.5) is 5.82 Å². The van der Waals surface area contributed by atoms with E-state index in [0.717, 1.165) is 47.1 Å². The van der Waals surface area contributed by atoms with Crippen LogP contribution in [0.3, 0.4) is 0 Å². The lowest BCUT2D eigenvalue weighted by atomic mass is 10.2. The summed E-state index contributed by atoms with van der Waals surface area (Å²) in [4.78, 5) is 12.0. The summed E-state index contributed by atoms with van der Waals surface area (Å²) in [7, 11) is 0. The second-order valence-corrected chi connectivity index (χ2v) is 4.98. The fourth-order valence-corrected chi connectivity index (χ4v) is 2.35. The second-order valence-electron chi connectivity index (χ2n) is 4.54. The average molecular weight is 275 g/mol. The van der Waals surface area contributed by atoms with Gasteiger partial charge in [0.25, 0.3) is 0 Å². The predicted octanol–water partition coefficient (Wildman–Crippen LogP) is 3.98. The maximum atomic E-state index is 6.05. The molecule has 5 heteroatoms. The number of nitrogens with one attached hydrogen (secondary N) is 2. The molecule has 0 saturated heterocycles. The fourth-order valence-electron chi connectivity index (χ4n) is 2.18. The van der Waals surface area contributed by atoms with E-state index >= 15 is 0 Å². The van der Waals surface area contributed by atoms with Gasteiger partial charge in [-0.2, -0.15) is 0 Å². The van der Waals surface area contributed by atoms with Crippen molar-refractivity contribution in [2.24, 2.45) is 0 Å². The molecule has 1 aromatic carbocycles. The highest BCUT2D eigenvalue weighted by Gasteiger charge is 2.10. The zero-order valence-corrected chi connectivity index (χ0v) is 11.5. The number of aromatic nitrogens is 3. The van der Waals surface area contributed by atoms with Gasteiger partial charge in [-0.3, -0.25) is 0 Å². The summed E-state index contributed by atoms with van der Waals surface area (Å²) >= 11 is 6.05. The molecule has 2 aromatic heterocycles. The van der Waals surface area contributed by atoms with Crippen molar-refractivity contribution >= 4 is 39.4 Å². The monoisotopic (exact) mass is 274 g/mol. The van der Waals surface area contributed by atoms with E-state index in [1.807, 2.05) is 18.2 Å². The third-order valence-corrected chi connectivity index (χ3v) is 3.40. The normalized spacial score (nSPS) is 11.3. The highest BCUT2D eigenvalue weighted by Crippen LogP contribution is 2.29. The molecule has 0 aliphatic carbocycles. The predicted molar refractivity (Wildman–Crippen MR) is 79.8 cm³/mol. The molecule has 0 aliphatic rings. The van der Waals surface area contributed by atoms with Crippen LogP contribution < -0.4 is 5.32 Å². The molecule has 2 heterocycles. The lowest BCUT2D eigenvalue weighted by Crippen LogP contribution is -2.03. The number of unbranched alkanes of at least 4 members (excludes halogenated alkanes) is 1. The Kier molecular flexibility index (Phi) is 3.25. The van der Waals surface area contributed by atoms with Crippen LogP contribution >= 0.6 is 11.6 Å². The number of fused-ring (bicyclic) bond motifs is 3. The molecular weight excluding hydrogens is 260 g/mol. The fraction of sp³-hybridized carbons (Fsp3) is 0.286. The average Bonchev–Trinajstić information content (AvgIpc) is 2.78. The first-order valence-electron chi connectivity index (χ1n) is 6.45. The Morgan fingerprint density at radius 1 is 1.32 bits per heavy atom. The second kappa shape index (κ2) is 5.05. The van der Waals surface area contributed by atoms with E-state index in [1.54, 1.807) is 6.33 Å². The van der Waals surface area contributed by atoms with Crippen molar-refractivity contribution in [3.8, 4) is 0 Å². The molecule has 2 N–H and O–H groups in total. The van der Waals surface area contributed by atoms with Gasteiger partial charge < -0.3 is 10.3 Å². The van der Waals surface area contributed by atoms with Crippen LogP contribution in [0, 0.1) is 0 Å². The molecule has 0 aliphatic heterocycles. The van der Waals surface area contributed by atoms with Crippen molar-refractivity contribution in [2.75, 3.05) is 11.9 Å². The number of hydrogen-bond donors (Lipinski definition) is 2. The van der Waals surface area contributed by atoms with Crippen LogP contribution in [0.1, 0.15) is 19.8 Å². The molecule has 3 aromatic rings. The Bertz CT molecular complexity index is 720. The quantitative estimate of drug-likeness (QED) is 0.708. The van der Waals surface area contributed by atoms with Crippen molar-refractivity contribution in [3.63, 3.8) is 0 Å². The molecular formula is C14H15ClN4. The summed E-state index contributed by atoms with van der Waals surface area (Å²) < 4.78 is 0. The molecule has 0 radical (unpaired) electrons. The van der Waals surface area contributed by atoms with Crippen LogP contribution in [0.15, 0.2) is 24.5 Å². The smallest absolute Gasteiger partial charge is 0.153 e. The molecule has 0 saturated carbocycles. The molecule has 0 amide bonds. The summed E-state index contributed by atoms with van der Waals surface area (Å²) in [5.74, 6) is 0.853. The van der Waals surface area contributed by atoms with Gasteiger partial charge in [-0.15, -0.1) is 0 Å². The van der Waals surface area contributed by atoms with Crippen molar-refractivity contribution in [1.29, 1.82) is 0 Å². The Labute approximate surface area is 116 Å². The molecule has 0 atom stereocenters. The Balaban J connectivity index is 2.12. The molecule has 0 spiro atoms. The van der Waals surface area contributed by atoms with E-state index in [1.165, 1.54) is 0 Å². The van der Waals surface area contributed by atoms with E-state index in [-0.39, 0.29) is 0 Å². The number of nitrogens with zero attached hydrogens (tertiary/aromatic N) is 2. The maximum absolute atomic E-state index is 6.05. The number of H-pyrrole nitrogens is 1. The van der Waals surface area contributed by atoms with Crippen molar-refractivity contribution in [2.45, 2.75) is 19.8 Å². The molecule has 98 valence electrons. The van der Waals surface area contributed by atoms with Crippen LogP contribution in [-0.4, -0.2) is 21.5 Å². The number of rotatable bonds is 4. The molecule has 3 rings (SSSR count). The van der Waals surface area contributed by atoms with Crippen molar-refractivity contribution in [3.05, 3.63) is 29.5 Å². The third-order valence-electron chi connectivity index (χ3n) is 3.17. The standard InChI is InChI=1S/C14H15ClN4/c1-2-3-6-16-14-13-12(17-8-18-14)10-7-9(15)4-5-11(10)19-13/h4-5,7-8,19H,2-3,6H2,1H3,(H,16,17,18). The van der Waals surface area contributed by atoms with Crippen molar-refractivity contribution < 1.29 is 0 Å². The van der Waals surface area contributed by atoms with E-state index in [4.69, 9.17) is 11.6 Å². The molecule has 0 fully saturated rings. The van der Waals surface area contributed by atoms with Gasteiger partial charge in [0, 0.05) is 22.5 Å². The van der Waals surface area contributed by atoms with E-state index in [9.17, 15) is 0 Å². The van der Waals surface area contributed by atoms with Crippen LogP contribution in [0.25, 0.3) is 21.9 Å². The van der Waals surface area contributed by atoms with E-state index < -0.39 is 0 Å². The summed E-state index contributed by atoms with van der Waals surface area (Å²) in [6.07, 6.45) is 3.87. The van der Waals surface area contributed by atoms with Gasteiger partial charge in [-0.25, -0.2) is 9.97 Å². The van der Waals surface area contributed by atoms with Crippen molar-refractivity contribution in [1.82, 2.24) is 15.0 Å². The van der Waals surface area contributed by atoms with Gasteiger partial charge in [0.1, 0.15) is 17.4 Å². The number of benzene rings is 1. The topological polar surface area (TPSA) is 53.6 Å². The minimum absolute atomic E-state index is 0.715. The zero-order valence-electron chi connectivity index (χ0n) is 10.7. The maximum Gasteiger partial charge on any atom is 0.153 e. The van der Waals surface area contributed by atoms with Crippen LogP contribution in [-0.2, 0) is 0 Å². The molecule has 0 unspecified atom stereocenters. The SMILES string of the molecule is CCCCNc1ncnc2c1[nH]c1ccc(Cl)cc12. The lowest BCUT2D eigenvalue weighted by Gasteiger charge is -2.04. The Morgan fingerprint density at radius 2 is 2.21 bits per heavy atom. The largest absolute Gasteiger partial charge is 0.368 e. The van der Waals surface area contributed by atoms with Crippen LogP contribution in [0.5, 0.6) is 0 Å². The highest BCUT2D eigenvalue weighted by atomic mass is 35.5. The van der Waals surface area contributed by atoms with Gasteiger partial charge in [-0.1, -0.05) is 24.9 Å². The van der Waals surface area contributed by atoms with E-state index in [0.29, 0.717) is 5.02 Å². The minimum atomic E-state index is 0.715. The van der Waals surface area contributed by atoms with Gasteiger partial charge in [0.15, 0.2) is 5.82 Å². The van der Waals surface area contributed by atoms with Gasteiger partial charge in [0.05, 0.1) is 0 Å². The Hall–Kier alpha value is -1.81. The number of halogens is 1. The number of anilines is 1. The first kappa shape index (κ1) is 12.2. The highest BCUT2D eigenvalue weighted by molar-refractivity contribution is 6.31. The van der Waals surface area contributed by atoms with Gasteiger partial charge in [-0.05, 0) is 24.6 Å². The third kappa shape index (κ3) is 2.24. The number of hydrogen-bond acceptors (Lipinski definition) is 3. The minimum Gasteiger partial charge on any atom is -0.368 e. The molecule has 4 nitrogen and oxygen atoms in total. The first-order chi connectivity index (χ1) is 9.29. The lowest BCUT2D eigenvalue weighted by molar-refractivity contribution is 0.831. The summed E-state index contributed by atoms with van der Waals surface area (Å²) in [5.41, 5.74) is 2.88. The van der Waals surface area contributed by atoms with Gasteiger partial charge in [0.2, 0.25) is 0 Å². The van der Waals surface area contributed by atoms with Crippen LogP contribution in [0.2, 0.25) is 5.02 Å². The first-order valence-corrected chi connectivity index (χ1v) is 6.83. The number of aromatic amines is 1. The van der Waals surface area contributed by atoms with E-state index in [2.05, 4.69) is 27.2 Å². The molecule has 0 bridgehead atoms. The zero-order chi connectivity index (χ0) is 13.2. The Morgan fingerprint density at radius 3 is 3.05 bits per heavy atom. The summed E-state index contributed by atoms with van der Waals surface area (Å²) in [6, 6.07) is 5.77.